The minimum atomic E-state index is -0.185. The number of hydrogen-bond donors (Lipinski definition) is 0. The average Bonchev–Trinajstić information content (AvgIpc) is 2.89. The summed E-state index contributed by atoms with van der Waals surface area (Å²) in [6.45, 7) is 1.87. The Morgan fingerprint density at radius 2 is 2.13 bits per heavy atom. The van der Waals surface area contributed by atoms with Gasteiger partial charge in [0.05, 0.1) is 10.4 Å². The molecular formula is C16H20BrN3O3. The number of likely N-dealkylation sites (tertiary alicyclic amines) is 2. The molecule has 0 unspecified atom stereocenters. The van der Waals surface area contributed by atoms with Crippen molar-refractivity contribution in [2.45, 2.75) is 25.4 Å². The van der Waals surface area contributed by atoms with Crippen LogP contribution >= 0.6 is 15.9 Å². The second kappa shape index (κ2) is 6.86. The lowest BCUT2D eigenvalue weighted by molar-refractivity contribution is -0.137. The van der Waals surface area contributed by atoms with E-state index in [0.717, 1.165) is 17.3 Å². The summed E-state index contributed by atoms with van der Waals surface area (Å²) in [6.07, 6.45) is 3.67. The molecule has 7 heteroatoms. The molecule has 1 aromatic heterocycles. The van der Waals surface area contributed by atoms with Gasteiger partial charge in [-0.15, -0.1) is 0 Å². The number of carbonyl (C=O) groups excluding carboxylic acids is 2. The van der Waals surface area contributed by atoms with Crippen molar-refractivity contribution in [2.24, 2.45) is 5.92 Å². The molecule has 2 aliphatic heterocycles. The van der Waals surface area contributed by atoms with Gasteiger partial charge in [-0.1, -0.05) is 0 Å². The van der Waals surface area contributed by atoms with Crippen LogP contribution in [0.4, 0.5) is 0 Å². The van der Waals surface area contributed by atoms with Crippen molar-refractivity contribution in [3.63, 3.8) is 0 Å². The third kappa shape index (κ3) is 3.65. The smallest absolute Gasteiger partial charge is 0.228 e. The van der Waals surface area contributed by atoms with Gasteiger partial charge in [0.15, 0.2) is 0 Å². The van der Waals surface area contributed by atoms with Crippen LogP contribution in [-0.2, 0) is 9.59 Å². The van der Waals surface area contributed by atoms with Crippen LogP contribution in [0.25, 0.3) is 0 Å². The highest BCUT2D eigenvalue weighted by Gasteiger charge is 2.36. The van der Waals surface area contributed by atoms with E-state index in [1.165, 1.54) is 0 Å². The van der Waals surface area contributed by atoms with Gasteiger partial charge in [-0.25, -0.2) is 4.98 Å². The largest absolute Gasteiger partial charge is 0.473 e. The Bertz CT molecular complexity index is 602. The second-order valence-electron chi connectivity index (χ2n) is 6.11. The van der Waals surface area contributed by atoms with Gasteiger partial charge in [0, 0.05) is 52.1 Å². The van der Waals surface area contributed by atoms with Gasteiger partial charge in [-0.05, 0) is 28.1 Å². The molecule has 2 fully saturated rings. The summed E-state index contributed by atoms with van der Waals surface area (Å²) >= 11 is 3.43. The third-order valence-electron chi connectivity index (χ3n) is 4.45. The second-order valence-corrected chi connectivity index (χ2v) is 6.96. The van der Waals surface area contributed by atoms with Gasteiger partial charge in [0.2, 0.25) is 17.7 Å². The average molecular weight is 382 g/mol. The Morgan fingerprint density at radius 3 is 2.74 bits per heavy atom. The molecule has 1 aromatic rings. The molecule has 2 saturated heterocycles. The lowest BCUT2D eigenvalue weighted by Crippen LogP contribution is -2.44. The molecule has 3 rings (SSSR count). The maximum atomic E-state index is 12.5. The van der Waals surface area contributed by atoms with E-state index >= 15 is 0 Å². The Labute approximate surface area is 143 Å². The first-order valence-electron chi connectivity index (χ1n) is 7.84. The number of ether oxygens (including phenoxy) is 1. The van der Waals surface area contributed by atoms with E-state index in [4.69, 9.17) is 4.74 Å². The van der Waals surface area contributed by atoms with E-state index in [1.54, 1.807) is 18.1 Å². The van der Waals surface area contributed by atoms with Gasteiger partial charge >= 0.3 is 0 Å². The number of pyridine rings is 1. The predicted octanol–water partition coefficient (Wildman–Crippen LogP) is 1.69. The van der Waals surface area contributed by atoms with Crippen LogP contribution in [0, 0.1) is 5.92 Å². The summed E-state index contributed by atoms with van der Waals surface area (Å²) in [6, 6.07) is 3.74. The summed E-state index contributed by atoms with van der Waals surface area (Å²) in [5.74, 6) is 0.567. The van der Waals surface area contributed by atoms with E-state index in [0.29, 0.717) is 31.9 Å². The van der Waals surface area contributed by atoms with Crippen LogP contribution in [0.15, 0.2) is 22.8 Å². The molecule has 0 saturated carbocycles. The van der Waals surface area contributed by atoms with Crippen molar-refractivity contribution < 1.29 is 14.3 Å². The predicted molar refractivity (Wildman–Crippen MR) is 87.9 cm³/mol. The molecule has 0 radical (unpaired) electrons. The summed E-state index contributed by atoms with van der Waals surface area (Å²) in [7, 11) is 1.75. The highest BCUT2D eigenvalue weighted by molar-refractivity contribution is 9.10. The van der Waals surface area contributed by atoms with E-state index in [1.807, 2.05) is 17.0 Å². The Morgan fingerprint density at radius 1 is 1.39 bits per heavy atom. The lowest BCUT2D eigenvalue weighted by atomic mass is 10.0. The first-order valence-corrected chi connectivity index (χ1v) is 8.64. The minimum absolute atomic E-state index is 0.0570. The maximum absolute atomic E-state index is 12.5. The first kappa shape index (κ1) is 16.2. The summed E-state index contributed by atoms with van der Waals surface area (Å²) in [5.41, 5.74) is 0. The van der Waals surface area contributed by atoms with Crippen molar-refractivity contribution in [1.82, 2.24) is 14.8 Å². The number of carbonyl (C=O) groups is 2. The zero-order valence-corrected chi connectivity index (χ0v) is 14.7. The Balaban J connectivity index is 1.51. The van der Waals surface area contributed by atoms with E-state index in [9.17, 15) is 9.59 Å². The lowest BCUT2D eigenvalue weighted by Gasteiger charge is -2.33. The van der Waals surface area contributed by atoms with Gasteiger partial charge in [0.25, 0.3) is 0 Å². The molecular weight excluding hydrogens is 362 g/mol. The normalized spacial score (nSPS) is 22.5. The van der Waals surface area contributed by atoms with Gasteiger partial charge in [-0.2, -0.15) is 0 Å². The molecule has 3 heterocycles. The number of piperidine rings is 1. The van der Waals surface area contributed by atoms with Crippen LogP contribution in [-0.4, -0.2) is 59.4 Å². The van der Waals surface area contributed by atoms with Crippen molar-refractivity contribution in [3.8, 4) is 5.88 Å². The highest BCUT2D eigenvalue weighted by atomic mass is 79.9. The minimum Gasteiger partial charge on any atom is -0.473 e. The molecule has 0 aromatic carbocycles. The number of amides is 2. The van der Waals surface area contributed by atoms with Gasteiger partial charge in [0.1, 0.15) is 6.10 Å². The van der Waals surface area contributed by atoms with E-state index < -0.39 is 0 Å². The zero-order chi connectivity index (χ0) is 16.4. The van der Waals surface area contributed by atoms with Crippen LogP contribution < -0.4 is 4.74 Å². The van der Waals surface area contributed by atoms with Gasteiger partial charge in [-0.3, -0.25) is 9.59 Å². The van der Waals surface area contributed by atoms with Crippen LogP contribution in [0.1, 0.15) is 19.3 Å². The fourth-order valence-electron chi connectivity index (χ4n) is 3.10. The third-order valence-corrected chi connectivity index (χ3v) is 5.05. The molecule has 6 nitrogen and oxygen atoms in total. The van der Waals surface area contributed by atoms with Crippen LogP contribution in [0.5, 0.6) is 5.88 Å². The topological polar surface area (TPSA) is 62.7 Å². The molecule has 2 amide bonds. The van der Waals surface area contributed by atoms with Gasteiger partial charge < -0.3 is 14.5 Å². The van der Waals surface area contributed by atoms with Crippen LogP contribution in [0.2, 0.25) is 0 Å². The quantitative estimate of drug-likeness (QED) is 0.798. The number of aromatic nitrogens is 1. The Kier molecular flexibility index (Phi) is 4.84. The molecule has 0 N–H and O–H groups in total. The SMILES string of the molecule is CN1C[C@H](C(=O)N2CCC(Oc3ncccc3Br)CC2)CC1=O. The molecule has 23 heavy (non-hydrogen) atoms. The standard InChI is InChI=1S/C16H20BrN3O3/c1-19-10-11(9-14(19)21)16(22)20-7-4-12(5-8-20)23-15-13(17)3-2-6-18-15/h2-3,6,11-12H,4-5,7-10H2,1H3/t11-/m1/s1. The highest BCUT2D eigenvalue weighted by Crippen LogP contribution is 2.26. The number of rotatable bonds is 3. The first-order chi connectivity index (χ1) is 11.0. The fourth-order valence-corrected chi connectivity index (χ4v) is 3.45. The molecule has 0 bridgehead atoms. The van der Waals surface area contributed by atoms with Crippen molar-refractivity contribution in [2.75, 3.05) is 26.7 Å². The van der Waals surface area contributed by atoms with E-state index in [2.05, 4.69) is 20.9 Å². The zero-order valence-electron chi connectivity index (χ0n) is 13.1. The fraction of sp³-hybridized carbons (Fsp3) is 0.562. The summed E-state index contributed by atoms with van der Waals surface area (Å²) in [4.78, 5) is 31.8. The molecule has 124 valence electrons. The number of nitrogens with zero attached hydrogens (tertiary/aromatic N) is 3. The summed E-state index contributed by atoms with van der Waals surface area (Å²) < 4.78 is 6.75. The Hall–Kier alpha value is -1.63. The molecule has 1 atom stereocenters. The van der Waals surface area contributed by atoms with Crippen molar-refractivity contribution in [3.05, 3.63) is 22.8 Å². The molecule has 0 spiro atoms. The molecule has 2 aliphatic rings. The molecule has 0 aliphatic carbocycles. The maximum Gasteiger partial charge on any atom is 0.228 e. The number of hydrogen-bond acceptors (Lipinski definition) is 4. The number of halogens is 1. The van der Waals surface area contributed by atoms with E-state index in [-0.39, 0.29) is 23.8 Å². The summed E-state index contributed by atoms with van der Waals surface area (Å²) in [5, 5.41) is 0. The van der Waals surface area contributed by atoms with Crippen molar-refractivity contribution >= 4 is 27.7 Å². The monoisotopic (exact) mass is 381 g/mol. The van der Waals surface area contributed by atoms with Crippen LogP contribution in [0.3, 0.4) is 0 Å². The van der Waals surface area contributed by atoms with Crippen molar-refractivity contribution in [1.29, 1.82) is 0 Å².